The maximum Gasteiger partial charge on any atom is 0.336 e. The van der Waals surface area contributed by atoms with Crippen molar-refractivity contribution in [1.82, 2.24) is 9.80 Å². The minimum atomic E-state index is -0.363. The van der Waals surface area contributed by atoms with Crippen molar-refractivity contribution in [2.24, 2.45) is 0 Å². The van der Waals surface area contributed by atoms with Crippen molar-refractivity contribution < 1.29 is 18.7 Å². The minimum Gasteiger partial charge on any atom is -0.497 e. The van der Waals surface area contributed by atoms with E-state index in [2.05, 4.69) is 4.90 Å². The van der Waals surface area contributed by atoms with Crippen molar-refractivity contribution in [3.05, 3.63) is 40.2 Å². The maximum atomic E-state index is 12.5. The predicted molar refractivity (Wildman–Crippen MR) is 99.9 cm³/mol. The van der Waals surface area contributed by atoms with Crippen LogP contribution >= 0.6 is 0 Å². The lowest BCUT2D eigenvalue weighted by Crippen LogP contribution is -2.51. The van der Waals surface area contributed by atoms with E-state index < -0.39 is 0 Å². The second-order valence-corrected chi connectivity index (χ2v) is 7.06. The van der Waals surface area contributed by atoms with Crippen molar-refractivity contribution in [2.75, 3.05) is 39.9 Å². The van der Waals surface area contributed by atoms with Gasteiger partial charge < -0.3 is 18.8 Å². The van der Waals surface area contributed by atoms with E-state index in [-0.39, 0.29) is 17.6 Å². The molecule has 1 unspecified atom stereocenters. The van der Waals surface area contributed by atoms with Crippen LogP contribution in [0.15, 0.2) is 33.5 Å². The van der Waals surface area contributed by atoms with Crippen LogP contribution in [0.2, 0.25) is 0 Å². The third-order valence-corrected chi connectivity index (χ3v) is 5.32. The number of amides is 1. The lowest BCUT2D eigenvalue weighted by molar-refractivity contribution is -0.142. The standard InChI is InChI=1S/C20H24N2O5/c1-25-15-4-5-16-14(11-19(23)27-18(16)12-15)13-21-6-8-22(9-7-21)20(24)17-3-2-10-26-17/h4-5,11-12,17H,2-3,6-10,13H2,1H3. The quantitative estimate of drug-likeness (QED) is 0.760. The summed E-state index contributed by atoms with van der Waals surface area (Å²) < 4.78 is 16.0. The molecule has 144 valence electrons. The summed E-state index contributed by atoms with van der Waals surface area (Å²) >= 11 is 0. The number of methoxy groups -OCH3 is 1. The minimum absolute atomic E-state index is 0.116. The van der Waals surface area contributed by atoms with E-state index in [0.717, 1.165) is 36.9 Å². The molecule has 0 radical (unpaired) electrons. The van der Waals surface area contributed by atoms with E-state index in [1.54, 1.807) is 19.2 Å². The number of nitrogens with zero attached hydrogens (tertiary/aromatic N) is 2. The van der Waals surface area contributed by atoms with Crippen LogP contribution in [0, 0.1) is 0 Å². The van der Waals surface area contributed by atoms with Crippen molar-refractivity contribution in [3.8, 4) is 5.75 Å². The van der Waals surface area contributed by atoms with Gasteiger partial charge in [-0.15, -0.1) is 0 Å². The first-order valence-electron chi connectivity index (χ1n) is 9.37. The second-order valence-electron chi connectivity index (χ2n) is 7.06. The lowest BCUT2D eigenvalue weighted by Gasteiger charge is -2.35. The fourth-order valence-corrected chi connectivity index (χ4v) is 3.81. The molecule has 4 rings (SSSR count). The average Bonchev–Trinajstić information content (AvgIpc) is 3.22. The summed E-state index contributed by atoms with van der Waals surface area (Å²) in [7, 11) is 1.58. The number of piperazine rings is 1. The number of hydrogen-bond acceptors (Lipinski definition) is 6. The van der Waals surface area contributed by atoms with Gasteiger partial charge in [0.25, 0.3) is 5.91 Å². The third-order valence-electron chi connectivity index (χ3n) is 5.32. The summed E-state index contributed by atoms with van der Waals surface area (Å²) in [6, 6.07) is 7.07. The van der Waals surface area contributed by atoms with Crippen molar-refractivity contribution in [3.63, 3.8) is 0 Å². The summed E-state index contributed by atoms with van der Waals surface area (Å²) in [5, 5.41) is 0.910. The Morgan fingerprint density at radius 1 is 1.22 bits per heavy atom. The van der Waals surface area contributed by atoms with Crippen LogP contribution in [0.25, 0.3) is 11.0 Å². The Hall–Kier alpha value is -2.38. The molecule has 2 aliphatic heterocycles. The van der Waals surface area contributed by atoms with E-state index in [1.807, 2.05) is 17.0 Å². The van der Waals surface area contributed by atoms with Gasteiger partial charge in [0.15, 0.2) is 0 Å². The Balaban J connectivity index is 1.44. The Morgan fingerprint density at radius 3 is 2.74 bits per heavy atom. The van der Waals surface area contributed by atoms with Gasteiger partial charge in [-0.3, -0.25) is 9.69 Å². The lowest BCUT2D eigenvalue weighted by atomic mass is 10.1. The maximum absolute atomic E-state index is 12.5. The van der Waals surface area contributed by atoms with Crippen LogP contribution in [-0.2, 0) is 16.1 Å². The van der Waals surface area contributed by atoms with Crippen molar-refractivity contribution in [1.29, 1.82) is 0 Å². The van der Waals surface area contributed by atoms with Crippen LogP contribution in [0.4, 0.5) is 0 Å². The summed E-state index contributed by atoms with van der Waals surface area (Å²) in [5.41, 5.74) is 1.10. The molecule has 0 bridgehead atoms. The fourth-order valence-electron chi connectivity index (χ4n) is 3.81. The molecular weight excluding hydrogens is 348 g/mol. The van der Waals surface area contributed by atoms with Gasteiger partial charge in [0.1, 0.15) is 17.4 Å². The molecule has 2 aliphatic rings. The zero-order valence-electron chi connectivity index (χ0n) is 15.5. The number of hydrogen-bond donors (Lipinski definition) is 0. The Labute approximate surface area is 157 Å². The van der Waals surface area contributed by atoms with Gasteiger partial charge in [-0.2, -0.15) is 0 Å². The summed E-state index contributed by atoms with van der Waals surface area (Å²) in [6.07, 6.45) is 1.54. The Morgan fingerprint density at radius 2 is 2.04 bits per heavy atom. The molecule has 27 heavy (non-hydrogen) atoms. The number of carbonyl (C=O) groups is 1. The van der Waals surface area contributed by atoms with Gasteiger partial charge in [-0.1, -0.05) is 0 Å². The SMILES string of the molecule is COc1ccc2c(CN3CCN(C(=O)C4CCCO4)CC3)cc(=O)oc2c1. The highest BCUT2D eigenvalue weighted by Gasteiger charge is 2.30. The summed E-state index contributed by atoms with van der Waals surface area (Å²) in [6.45, 7) is 4.26. The Bertz CT molecular complexity index is 880. The molecule has 2 aromatic rings. The third kappa shape index (κ3) is 3.84. The van der Waals surface area contributed by atoms with E-state index in [9.17, 15) is 9.59 Å². The van der Waals surface area contributed by atoms with E-state index >= 15 is 0 Å². The molecule has 1 amide bonds. The summed E-state index contributed by atoms with van der Waals surface area (Å²) in [4.78, 5) is 28.6. The largest absolute Gasteiger partial charge is 0.497 e. The monoisotopic (exact) mass is 372 g/mol. The van der Waals surface area contributed by atoms with Crippen LogP contribution < -0.4 is 10.4 Å². The normalized spacial score (nSPS) is 20.9. The zero-order valence-corrected chi connectivity index (χ0v) is 15.5. The van der Waals surface area contributed by atoms with Gasteiger partial charge >= 0.3 is 5.63 Å². The van der Waals surface area contributed by atoms with Crippen molar-refractivity contribution in [2.45, 2.75) is 25.5 Å². The van der Waals surface area contributed by atoms with Crippen LogP contribution in [0.1, 0.15) is 18.4 Å². The highest BCUT2D eigenvalue weighted by atomic mass is 16.5. The number of rotatable bonds is 4. The number of ether oxygens (including phenoxy) is 2. The number of carbonyl (C=O) groups excluding carboxylic acids is 1. The fraction of sp³-hybridized carbons (Fsp3) is 0.500. The molecule has 1 atom stereocenters. The molecule has 7 heteroatoms. The predicted octanol–water partition coefficient (Wildman–Crippen LogP) is 1.62. The molecule has 2 saturated heterocycles. The molecular formula is C20H24N2O5. The molecule has 0 aliphatic carbocycles. The molecule has 1 aromatic carbocycles. The average molecular weight is 372 g/mol. The van der Waals surface area contributed by atoms with E-state index in [4.69, 9.17) is 13.9 Å². The first kappa shape index (κ1) is 18.0. The molecule has 0 N–H and O–H groups in total. The number of fused-ring (bicyclic) bond motifs is 1. The summed E-state index contributed by atoms with van der Waals surface area (Å²) in [5.74, 6) is 0.772. The van der Waals surface area contributed by atoms with Crippen LogP contribution in [-0.4, -0.2) is 61.7 Å². The smallest absolute Gasteiger partial charge is 0.336 e. The highest BCUT2D eigenvalue weighted by Crippen LogP contribution is 2.24. The zero-order chi connectivity index (χ0) is 18.8. The number of benzene rings is 1. The van der Waals surface area contributed by atoms with Crippen molar-refractivity contribution >= 4 is 16.9 Å². The molecule has 0 saturated carbocycles. The second kappa shape index (κ2) is 7.70. The first-order chi connectivity index (χ1) is 13.1. The molecule has 3 heterocycles. The first-order valence-corrected chi connectivity index (χ1v) is 9.37. The highest BCUT2D eigenvalue weighted by molar-refractivity contribution is 5.82. The molecule has 2 fully saturated rings. The van der Waals surface area contributed by atoms with Crippen LogP contribution in [0.3, 0.4) is 0 Å². The topological polar surface area (TPSA) is 72.2 Å². The van der Waals surface area contributed by atoms with Gasteiger partial charge in [0, 0.05) is 56.8 Å². The molecule has 0 spiro atoms. The van der Waals surface area contributed by atoms with Crippen LogP contribution in [0.5, 0.6) is 5.75 Å². The van der Waals surface area contributed by atoms with Gasteiger partial charge in [-0.05, 0) is 30.5 Å². The molecule has 7 nitrogen and oxygen atoms in total. The van der Waals surface area contributed by atoms with Gasteiger partial charge in [-0.25, -0.2) is 4.79 Å². The molecule has 1 aromatic heterocycles. The Kier molecular flexibility index (Phi) is 5.13. The van der Waals surface area contributed by atoms with Gasteiger partial charge in [0.2, 0.25) is 0 Å². The van der Waals surface area contributed by atoms with E-state index in [1.165, 1.54) is 0 Å². The van der Waals surface area contributed by atoms with Gasteiger partial charge in [0.05, 0.1) is 7.11 Å². The van der Waals surface area contributed by atoms with E-state index in [0.29, 0.717) is 37.6 Å².